The van der Waals surface area contributed by atoms with E-state index >= 15 is 0 Å². The van der Waals surface area contributed by atoms with Gasteiger partial charge in [0.2, 0.25) is 0 Å². The van der Waals surface area contributed by atoms with Crippen molar-refractivity contribution in [1.82, 2.24) is 10.3 Å². The Morgan fingerprint density at radius 2 is 2.32 bits per heavy atom. The lowest BCUT2D eigenvalue weighted by molar-refractivity contribution is 0.0948. The molecule has 0 aliphatic carbocycles. The standard InChI is InChI=1S/C14H17N3O2/c1-2-4-11-7-10(8-13(15)17-11)14(18)16-9-12-5-3-6-19-12/h3,5-8H,2,4,9H2,1H3,(H2,15,17)(H,16,18). The molecule has 0 atom stereocenters. The molecule has 0 radical (unpaired) electrons. The minimum Gasteiger partial charge on any atom is -0.467 e. The molecule has 2 aromatic heterocycles. The van der Waals surface area contributed by atoms with Gasteiger partial charge < -0.3 is 15.5 Å². The van der Waals surface area contributed by atoms with Crippen LogP contribution < -0.4 is 11.1 Å². The number of anilines is 1. The number of furan rings is 1. The highest BCUT2D eigenvalue weighted by molar-refractivity contribution is 5.94. The van der Waals surface area contributed by atoms with E-state index in [4.69, 9.17) is 10.2 Å². The molecule has 100 valence electrons. The summed E-state index contributed by atoms with van der Waals surface area (Å²) in [7, 11) is 0. The van der Waals surface area contributed by atoms with E-state index in [1.807, 2.05) is 6.07 Å². The second-order valence-electron chi connectivity index (χ2n) is 4.28. The number of hydrogen-bond donors (Lipinski definition) is 2. The Kier molecular flexibility index (Phi) is 4.18. The third-order valence-corrected chi connectivity index (χ3v) is 2.67. The molecule has 0 bridgehead atoms. The SMILES string of the molecule is CCCc1cc(C(=O)NCc2ccco2)cc(N)n1. The summed E-state index contributed by atoms with van der Waals surface area (Å²) in [5, 5.41) is 2.78. The lowest BCUT2D eigenvalue weighted by Gasteiger charge is -2.06. The molecule has 0 saturated heterocycles. The smallest absolute Gasteiger partial charge is 0.251 e. The van der Waals surface area contributed by atoms with E-state index in [-0.39, 0.29) is 5.91 Å². The Morgan fingerprint density at radius 3 is 3.00 bits per heavy atom. The normalized spacial score (nSPS) is 10.4. The van der Waals surface area contributed by atoms with Crippen molar-refractivity contribution in [3.8, 4) is 0 Å². The van der Waals surface area contributed by atoms with Crippen molar-refractivity contribution in [3.63, 3.8) is 0 Å². The second kappa shape index (κ2) is 6.04. The second-order valence-corrected chi connectivity index (χ2v) is 4.28. The summed E-state index contributed by atoms with van der Waals surface area (Å²) >= 11 is 0. The van der Waals surface area contributed by atoms with E-state index in [0.717, 1.165) is 18.5 Å². The zero-order valence-corrected chi connectivity index (χ0v) is 10.8. The molecule has 5 heteroatoms. The molecule has 2 heterocycles. The van der Waals surface area contributed by atoms with Gasteiger partial charge in [-0.25, -0.2) is 4.98 Å². The number of carbonyl (C=O) groups is 1. The number of aryl methyl sites for hydroxylation is 1. The first-order valence-electron chi connectivity index (χ1n) is 6.26. The highest BCUT2D eigenvalue weighted by Crippen LogP contribution is 2.10. The van der Waals surface area contributed by atoms with Gasteiger partial charge in [-0.05, 0) is 30.7 Å². The molecule has 0 aliphatic heterocycles. The molecule has 1 amide bonds. The number of amides is 1. The maximum absolute atomic E-state index is 12.0. The van der Waals surface area contributed by atoms with Gasteiger partial charge in [-0.15, -0.1) is 0 Å². The van der Waals surface area contributed by atoms with Gasteiger partial charge in [-0.3, -0.25) is 4.79 Å². The summed E-state index contributed by atoms with van der Waals surface area (Å²) in [6.07, 6.45) is 3.35. The van der Waals surface area contributed by atoms with Gasteiger partial charge in [-0.2, -0.15) is 0 Å². The number of nitrogens with one attached hydrogen (secondary N) is 1. The topological polar surface area (TPSA) is 81.2 Å². The first-order chi connectivity index (χ1) is 9.19. The maximum Gasteiger partial charge on any atom is 0.251 e. The van der Waals surface area contributed by atoms with Gasteiger partial charge in [0.25, 0.3) is 5.91 Å². The zero-order chi connectivity index (χ0) is 13.7. The summed E-state index contributed by atoms with van der Waals surface area (Å²) in [6.45, 7) is 2.42. The largest absolute Gasteiger partial charge is 0.467 e. The highest BCUT2D eigenvalue weighted by Gasteiger charge is 2.09. The zero-order valence-electron chi connectivity index (χ0n) is 10.8. The van der Waals surface area contributed by atoms with Crippen LogP contribution in [0.25, 0.3) is 0 Å². The fraction of sp³-hybridized carbons (Fsp3) is 0.286. The molecule has 2 rings (SSSR count). The number of rotatable bonds is 5. The molecule has 0 aliphatic rings. The molecule has 0 spiro atoms. The monoisotopic (exact) mass is 259 g/mol. The molecule has 19 heavy (non-hydrogen) atoms. The van der Waals surface area contributed by atoms with Crippen molar-refractivity contribution in [2.75, 3.05) is 5.73 Å². The summed E-state index contributed by atoms with van der Waals surface area (Å²) in [6, 6.07) is 6.95. The maximum atomic E-state index is 12.0. The molecule has 5 nitrogen and oxygen atoms in total. The van der Waals surface area contributed by atoms with Crippen molar-refractivity contribution >= 4 is 11.7 Å². The van der Waals surface area contributed by atoms with Crippen LogP contribution in [0, 0.1) is 0 Å². The molecule has 2 aromatic rings. The predicted molar refractivity (Wildman–Crippen MR) is 72.5 cm³/mol. The molecule has 0 saturated carbocycles. The summed E-state index contributed by atoms with van der Waals surface area (Å²) < 4.78 is 5.15. The van der Waals surface area contributed by atoms with E-state index in [9.17, 15) is 4.79 Å². The summed E-state index contributed by atoms with van der Waals surface area (Å²) in [5.74, 6) is 0.904. The Hall–Kier alpha value is -2.30. The van der Waals surface area contributed by atoms with Crippen LogP contribution in [0.2, 0.25) is 0 Å². The molecule has 0 aromatic carbocycles. The lowest BCUT2D eigenvalue weighted by atomic mass is 10.1. The average Bonchev–Trinajstić information content (AvgIpc) is 2.88. The Morgan fingerprint density at radius 1 is 1.47 bits per heavy atom. The number of aromatic nitrogens is 1. The van der Waals surface area contributed by atoms with Crippen LogP contribution >= 0.6 is 0 Å². The first-order valence-corrected chi connectivity index (χ1v) is 6.26. The summed E-state index contributed by atoms with van der Waals surface area (Å²) in [5.41, 5.74) is 7.08. The Balaban J connectivity index is 2.05. The van der Waals surface area contributed by atoms with Crippen LogP contribution in [-0.2, 0) is 13.0 Å². The number of pyridine rings is 1. The number of nitrogens with zero attached hydrogens (tertiary/aromatic N) is 1. The van der Waals surface area contributed by atoms with Crippen molar-refractivity contribution in [2.24, 2.45) is 0 Å². The van der Waals surface area contributed by atoms with Crippen molar-refractivity contribution in [1.29, 1.82) is 0 Å². The van der Waals surface area contributed by atoms with Gasteiger partial charge in [0.15, 0.2) is 0 Å². The predicted octanol–water partition coefficient (Wildman–Crippen LogP) is 2.14. The van der Waals surface area contributed by atoms with Gasteiger partial charge in [0.05, 0.1) is 12.8 Å². The Labute approximate surface area is 111 Å². The molecular formula is C14H17N3O2. The van der Waals surface area contributed by atoms with Crippen LogP contribution in [-0.4, -0.2) is 10.9 Å². The Bertz CT molecular complexity index is 550. The first kappa shape index (κ1) is 13.1. The molecule has 3 N–H and O–H groups in total. The number of nitrogen functional groups attached to an aromatic ring is 1. The van der Waals surface area contributed by atoms with E-state index < -0.39 is 0 Å². The van der Waals surface area contributed by atoms with Gasteiger partial charge >= 0.3 is 0 Å². The minimum absolute atomic E-state index is 0.178. The van der Waals surface area contributed by atoms with Crippen molar-refractivity contribution in [3.05, 3.63) is 47.5 Å². The van der Waals surface area contributed by atoms with Crippen LogP contribution in [0.4, 0.5) is 5.82 Å². The average molecular weight is 259 g/mol. The van der Waals surface area contributed by atoms with Crippen LogP contribution in [0.3, 0.4) is 0 Å². The fourth-order valence-electron chi connectivity index (χ4n) is 1.81. The third-order valence-electron chi connectivity index (χ3n) is 2.67. The van der Waals surface area contributed by atoms with Crippen LogP contribution in [0.1, 0.15) is 35.2 Å². The molecule has 0 unspecified atom stereocenters. The van der Waals surface area contributed by atoms with E-state index in [0.29, 0.717) is 23.7 Å². The number of nitrogens with two attached hydrogens (primary N) is 1. The van der Waals surface area contributed by atoms with Crippen LogP contribution in [0.5, 0.6) is 0 Å². The molecule has 0 fully saturated rings. The van der Waals surface area contributed by atoms with Crippen LogP contribution in [0.15, 0.2) is 34.9 Å². The van der Waals surface area contributed by atoms with E-state index in [2.05, 4.69) is 17.2 Å². The molecular weight excluding hydrogens is 242 g/mol. The highest BCUT2D eigenvalue weighted by atomic mass is 16.3. The third kappa shape index (κ3) is 3.58. The van der Waals surface area contributed by atoms with Gasteiger partial charge in [0.1, 0.15) is 11.6 Å². The summed E-state index contributed by atoms with van der Waals surface area (Å²) in [4.78, 5) is 16.2. The van der Waals surface area contributed by atoms with Gasteiger partial charge in [-0.1, -0.05) is 13.3 Å². The fourth-order valence-corrected chi connectivity index (χ4v) is 1.81. The van der Waals surface area contributed by atoms with Crippen molar-refractivity contribution < 1.29 is 9.21 Å². The quantitative estimate of drug-likeness (QED) is 0.862. The lowest BCUT2D eigenvalue weighted by Crippen LogP contribution is -2.23. The number of hydrogen-bond acceptors (Lipinski definition) is 4. The van der Waals surface area contributed by atoms with Crippen molar-refractivity contribution in [2.45, 2.75) is 26.3 Å². The van der Waals surface area contributed by atoms with E-state index in [1.54, 1.807) is 24.5 Å². The number of carbonyl (C=O) groups excluding carboxylic acids is 1. The van der Waals surface area contributed by atoms with Gasteiger partial charge in [0, 0.05) is 11.3 Å². The minimum atomic E-state index is -0.178. The van der Waals surface area contributed by atoms with E-state index in [1.165, 1.54) is 0 Å².